The second kappa shape index (κ2) is 5.08. The van der Waals surface area contributed by atoms with Crippen LogP contribution in [0.2, 0.25) is 9.49 Å². The minimum atomic E-state index is 0.380. The molecule has 0 radical (unpaired) electrons. The van der Waals surface area contributed by atoms with Gasteiger partial charge in [0, 0.05) is 5.56 Å². The monoisotopic (exact) mass is 290 g/mol. The SMILES string of the molecule is COc1cc(-c2nsc(Cl)n2)cc(Cl)c1OC. The minimum Gasteiger partial charge on any atom is -0.493 e. The van der Waals surface area contributed by atoms with Crippen LogP contribution in [0.3, 0.4) is 0 Å². The Morgan fingerprint density at radius 1 is 1.18 bits per heavy atom. The molecule has 0 fully saturated rings. The van der Waals surface area contributed by atoms with Crippen molar-refractivity contribution >= 4 is 34.7 Å². The van der Waals surface area contributed by atoms with Crippen LogP contribution in [0.1, 0.15) is 0 Å². The van der Waals surface area contributed by atoms with Crippen LogP contribution in [0.5, 0.6) is 11.5 Å². The van der Waals surface area contributed by atoms with Gasteiger partial charge in [-0.05, 0) is 35.3 Å². The Balaban J connectivity index is 2.53. The predicted molar refractivity (Wildman–Crippen MR) is 68.5 cm³/mol. The first kappa shape index (κ1) is 12.4. The average Bonchev–Trinajstić information content (AvgIpc) is 2.74. The fourth-order valence-corrected chi connectivity index (χ4v) is 2.28. The smallest absolute Gasteiger partial charge is 0.203 e. The summed E-state index contributed by atoms with van der Waals surface area (Å²) in [6.07, 6.45) is 0. The lowest BCUT2D eigenvalue weighted by Crippen LogP contribution is -1.92. The summed E-state index contributed by atoms with van der Waals surface area (Å²) >= 11 is 12.9. The Hall–Kier alpha value is -1.04. The van der Waals surface area contributed by atoms with E-state index >= 15 is 0 Å². The number of methoxy groups -OCH3 is 2. The van der Waals surface area contributed by atoms with Gasteiger partial charge in [0.05, 0.1) is 19.2 Å². The molecule has 0 N–H and O–H groups in total. The van der Waals surface area contributed by atoms with Gasteiger partial charge in [-0.1, -0.05) is 11.6 Å². The van der Waals surface area contributed by atoms with Gasteiger partial charge in [0.15, 0.2) is 17.3 Å². The Labute approximate surface area is 112 Å². The van der Waals surface area contributed by atoms with Crippen molar-refractivity contribution in [3.05, 3.63) is 21.6 Å². The molecular weight excluding hydrogens is 283 g/mol. The summed E-state index contributed by atoms with van der Waals surface area (Å²) in [6.45, 7) is 0. The van der Waals surface area contributed by atoms with Crippen LogP contribution in [0, 0.1) is 0 Å². The maximum atomic E-state index is 6.08. The zero-order valence-electron chi connectivity index (χ0n) is 9.03. The van der Waals surface area contributed by atoms with Crippen molar-refractivity contribution in [1.29, 1.82) is 0 Å². The minimum absolute atomic E-state index is 0.380. The molecule has 2 rings (SSSR count). The lowest BCUT2D eigenvalue weighted by molar-refractivity contribution is 0.355. The molecule has 0 atom stereocenters. The van der Waals surface area contributed by atoms with E-state index in [1.807, 2.05) is 0 Å². The van der Waals surface area contributed by atoms with Crippen LogP contribution in [0.4, 0.5) is 0 Å². The van der Waals surface area contributed by atoms with E-state index in [-0.39, 0.29) is 0 Å². The maximum absolute atomic E-state index is 6.08. The second-order valence-electron chi connectivity index (χ2n) is 3.06. The molecule has 1 heterocycles. The number of rotatable bonds is 3. The van der Waals surface area contributed by atoms with Crippen molar-refractivity contribution in [2.75, 3.05) is 14.2 Å². The zero-order valence-corrected chi connectivity index (χ0v) is 11.4. The van der Waals surface area contributed by atoms with Gasteiger partial charge in [-0.25, -0.2) is 4.98 Å². The summed E-state index contributed by atoms with van der Waals surface area (Å²) in [5.74, 6) is 1.53. The summed E-state index contributed by atoms with van der Waals surface area (Å²) in [6, 6.07) is 3.46. The summed E-state index contributed by atoms with van der Waals surface area (Å²) in [5, 5.41) is 0.438. The number of hydrogen-bond donors (Lipinski definition) is 0. The number of ether oxygens (including phenoxy) is 2. The van der Waals surface area contributed by atoms with E-state index in [2.05, 4.69) is 9.36 Å². The maximum Gasteiger partial charge on any atom is 0.203 e. The lowest BCUT2D eigenvalue weighted by Gasteiger charge is -2.10. The van der Waals surface area contributed by atoms with Crippen LogP contribution in [0.15, 0.2) is 12.1 Å². The number of aromatic nitrogens is 2. The Morgan fingerprint density at radius 3 is 2.47 bits per heavy atom. The highest BCUT2D eigenvalue weighted by Crippen LogP contribution is 2.38. The Kier molecular flexibility index (Phi) is 3.71. The van der Waals surface area contributed by atoms with Crippen LogP contribution >= 0.6 is 34.7 Å². The van der Waals surface area contributed by atoms with E-state index in [1.54, 1.807) is 19.2 Å². The Bertz CT molecular complexity index is 545. The molecule has 0 aliphatic heterocycles. The molecule has 0 unspecified atom stereocenters. The molecule has 0 saturated carbocycles. The first-order chi connectivity index (χ1) is 8.15. The molecule has 1 aromatic carbocycles. The summed E-state index contributed by atoms with van der Waals surface area (Å²) < 4.78 is 14.8. The first-order valence-electron chi connectivity index (χ1n) is 4.56. The second-order valence-corrected chi connectivity index (χ2v) is 4.81. The third-order valence-electron chi connectivity index (χ3n) is 2.09. The van der Waals surface area contributed by atoms with E-state index in [9.17, 15) is 0 Å². The van der Waals surface area contributed by atoms with Crippen LogP contribution in [0.25, 0.3) is 11.4 Å². The molecule has 7 heteroatoms. The predicted octanol–water partition coefficient (Wildman–Crippen LogP) is 3.53. The first-order valence-corrected chi connectivity index (χ1v) is 6.09. The molecule has 0 bridgehead atoms. The topological polar surface area (TPSA) is 44.2 Å². The fourth-order valence-electron chi connectivity index (χ4n) is 1.37. The van der Waals surface area contributed by atoms with Crippen LogP contribution < -0.4 is 9.47 Å². The van der Waals surface area contributed by atoms with Crippen molar-refractivity contribution in [2.24, 2.45) is 0 Å². The van der Waals surface area contributed by atoms with Gasteiger partial charge < -0.3 is 9.47 Å². The normalized spacial score (nSPS) is 10.4. The van der Waals surface area contributed by atoms with Gasteiger partial charge >= 0.3 is 0 Å². The number of hydrogen-bond acceptors (Lipinski definition) is 5. The van der Waals surface area contributed by atoms with Gasteiger partial charge in [-0.15, -0.1) is 0 Å². The molecule has 0 aliphatic carbocycles. The number of halogens is 2. The van der Waals surface area contributed by atoms with Gasteiger partial charge in [-0.2, -0.15) is 4.37 Å². The molecule has 17 heavy (non-hydrogen) atoms. The van der Waals surface area contributed by atoms with Gasteiger partial charge in [0.25, 0.3) is 0 Å². The number of benzene rings is 1. The molecule has 90 valence electrons. The van der Waals surface area contributed by atoms with Crippen molar-refractivity contribution in [2.45, 2.75) is 0 Å². The van der Waals surface area contributed by atoms with Gasteiger partial charge in [0.2, 0.25) is 4.47 Å². The number of nitrogens with zero attached hydrogens (tertiary/aromatic N) is 2. The molecule has 0 aliphatic rings. The summed E-state index contributed by atoms with van der Waals surface area (Å²) in [7, 11) is 3.07. The highest BCUT2D eigenvalue weighted by atomic mass is 35.5. The molecule has 0 amide bonds. The zero-order chi connectivity index (χ0) is 12.4. The van der Waals surface area contributed by atoms with Crippen LogP contribution in [-0.4, -0.2) is 23.6 Å². The molecule has 1 aromatic heterocycles. The quantitative estimate of drug-likeness (QED) is 0.867. The van der Waals surface area contributed by atoms with E-state index in [4.69, 9.17) is 32.7 Å². The highest BCUT2D eigenvalue weighted by Gasteiger charge is 2.14. The Morgan fingerprint density at radius 2 is 1.94 bits per heavy atom. The molecule has 0 spiro atoms. The summed E-state index contributed by atoms with van der Waals surface area (Å²) in [5.41, 5.74) is 0.732. The summed E-state index contributed by atoms with van der Waals surface area (Å²) in [4.78, 5) is 4.07. The molecule has 2 aromatic rings. The molecule has 4 nitrogen and oxygen atoms in total. The van der Waals surface area contributed by atoms with Crippen molar-refractivity contribution in [1.82, 2.24) is 9.36 Å². The van der Waals surface area contributed by atoms with Gasteiger partial charge in [-0.3, -0.25) is 0 Å². The van der Waals surface area contributed by atoms with E-state index in [0.717, 1.165) is 17.1 Å². The van der Waals surface area contributed by atoms with E-state index in [1.165, 1.54) is 7.11 Å². The highest BCUT2D eigenvalue weighted by molar-refractivity contribution is 7.10. The third kappa shape index (κ3) is 2.46. The van der Waals surface area contributed by atoms with Crippen molar-refractivity contribution in [3.63, 3.8) is 0 Å². The third-order valence-corrected chi connectivity index (χ3v) is 3.17. The van der Waals surface area contributed by atoms with E-state index in [0.29, 0.717) is 26.8 Å². The fraction of sp³-hybridized carbons (Fsp3) is 0.200. The standard InChI is InChI=1S/C10H8Cl2N2O2S/c1-15-7-4-5(3-6(11)8(7)16-2)9-13-10(12)17-14-9/h3-4H,1-2H3. The van der Waals surface area contributed by atoms with Gasteiger partial charge in [0.1, 0.15) is 0 Å². The molecule has 0 saturated heterocycles. The van der Waals surface area contributed by atoms with Crippen molar-refractivity contribution in [3.8, 4) is 22.9 Å². The largest absolute Gasteiger partial charge is 0.493 e. The van der Waals surface area contributed by atoms with E-state index < -0.39 is 0 Å². The lowest BCUT2D eigenvalue weighted by atomic mass is 10.2. The van der Waals surface area contributed by atoms with Crippen molar-refractivity contribution < 1.29 is 9.47 Å². The van der Waals surface area contributed by atoms with Crippen LogP contribution in [-0.2, 0) is 0 Å². The average molecular weight is 291 g/mol. The molecular formula is C10H8Cl2N2O2S.